The minimum atomic E-state index is 0.388. The maximum atomic E-state index is 9.18. The van der Waals surface area contributed by atoms with Crippen LogP contribution >= 0.6 is 0 Å². The molecule has 1 saturated carbocycles. The van der Waals surface area contributed by atoms with Gasteiger partial charge in [0.15, 0.2) is 0 Å². The molecule has 0 bridgehead atoms. The molecular formula is C12H23NO. The number of rotatable bonds is 2. The molecule has 1 heterocycles. The van der Waals surface area contributed by atoms with Crippen LogP contribution in [-0.2, 0) is 0 Å². The Labute approximate surface area is 87.3 Å². The summed E-state index contributed by atoms with van der Waals surface area (Å²) in [5.41, 5.74) is 0. The first-order valence-electron chi connectivity index (χ1n) is 6.14. The highest BCUT2D eigenvalue weighted by Gasteiger charge is 2.30. The van der Waals surface area contributed by atoms with Crippen LogP contribution in [0.15, 0.2) is 0 Å². The monoisotopic (exact) mass is 197 g/mol. The Morgan fingerprint density at radius 1 is 1.29 bits per heavy atom. The van der Waals surface area contributed by atoms with Crippen molar-refractivity contribution < 1.29 is 5.11 Å². The van der Waals surface area contributed by atoms with E-state index in [-0.39, 0.29) is 0 Å². The SMILES string of the molecule is C[C@H]1CC[C@@H](N2CCC[C@H](CO)C2)C1. The van der Waals surface area contributed by atoms with Gasteiger partial charge in [0.05, 0.1) is 0 Å². The molecule has 0 aromatic rings. The van der Waals surface area contributed by atoms with Gasteiger partial charge < -0.3 is 10.0 Å². The van der Waals surface area contributed by atoms with Crippen LogP contribution in [0.2, 0.25) is 0 Å². The molecule has 1 N–H and O–H groups in total. The van der Waals surface area contributed by atoms with E-state index in [1.165, 1.54) is 38.6 Å². The molecule has 0 radical (unpaired) electrons. The summed E-state index contributed by atoms with van der Waals surface area (Å²) >= 11 is 0. The summed E-state index contributed by atoms with van der Waals surface area (Å²) < 4.78 is 0. The summed E-state index contributed by atoms with van der Waals surface area (Å²) in [5.74, 6) is 1.48. The first-order valence-corrected chi connectivity index (χ1v) is 6.14. The average molecular weight is 197 g/mol. The Kier molecular flexibility index (Phi) is 3.45. The van der Waals surface area contributed by atoms with Crippen LogP contribution in [0.5, 0.6) is 0 Å². The maximum Gasteiger partial charge on any atom is 0.0471 e. The van der Waals surface area contributed by atoms with Gasteiger partial charge in [0.1, 0.15) is 0 Å². The van der Waals surface area contributed by atoms with Gasteiger partial charge in [-0.05, 0) is 50.5 Å². The van der Waals surface area contributed by atoms with Gasteiger partial charge in [0.2, 0.25) is 0 Å². The van der Waals surface area contributed by atoms with Gasteiger partial charge in [-0.1, -0.05) is 6.92 Å². The molecule has 2 heteroatoms. The summed E-state index contributed by atoms with van der Waals surface area (Å²) in [5, 5.41) is 9.18. The third-order valence-electron chi connectivity index (χ3n) is 3.99. The summed E-state index contributed by atoms with van der Waals surface area (Å²) in [6.07, 6.45) is 6.70. The van der Waals surface area contributed by atoms with Gasteiger partial charge in [-0.3, -0.25) is 0 Å². The minimum absolute atomic E-state index is 0.388. The van der Waals surface area contributed by atoms with Gasteiger partial charge in [-0.15, -0.1) is 0 Å². The standard InChI is InChI=1S/C12H23NO/c1-10-4-5-12(7-10)13-6-2-3-11(8-13)9-14/h10-12,14H,2-9H2,1H3/t10-,11-,12+/m0/s1. The van der Waals surface area contributed by atoms with Crippen LogP contribution in [-0.4, -0.2) is 35.7 Å². The molecule has 2 rings (SSSR count). The molecule has 2 nitrogen and oxygen atoms in total. The van der Waals surface area contributed by atoms with Crippen molar-refractivity contribution in [2.24, 2.45) is 11.8 Å². The predicted octanol–water partition coefficient (Wildman–Crippen LogP) is 1.88. The Morgan fingerprint density at radius 3 is 2.79 bits per heavy atom. The van der Waals surface area contributed by atoms with Crippen LogP contribution in [0.1, 0.15) is 39.0 Å². The molecular weight excluding hydrogens is 174 g/mol. The molecule has 0 amide bonds. The molecule has 82 valence electrons. The second kappa shape index (κ2) is 4.63. The highest BCUT2D eigenvalue weighted by Crippen LogP contribution is 2.31. The molecule has 2 fully saturated rings. The van der Waals surface area contributed by atoms with Crippen molar-refractivity contribution in [1.29, 1.82) is 0 Å². The van der Waals surface area contributed by atoms with Crippen LogP contribution < -0.4 is 0 Å². The zero-order valence-electron chi connectivity index (χ0n) is 9.28. The zero-order chi connectivity index (χ0) is 9.97. The number of nitrogens with zero attached hydrogens (tertiary/aromatic N) is 1. The summed E-state index contributed by atoms with van der Waals surface area (Å²) in [6, 6.07) is 0.833. The molecule has 1 saturated heterocycles. The lowest BCUT2D eigenvalue weighted by molar-refractivity contribution is 0.0885. The third-order valence-corrected chi connectivity index (χ3v) is 3.99. The van der Waals surface area contributed by atoms with E-state index in [4.69, 9.17) is 0 Å². The van der Waals surface area contributed by atoms with Crippen LogP contribution in [0.25, 0.3) is 0 Å². The van der Waals surface area contributed by atoms with Gasteiger partial charge in [0.25, 0.3) is 0 Å². The largest absolute Gasteiger partial charge is 0.396 e. The first-order chi connectivity index (χ1) is 6.79. The third kappa shape index (κ3) is 2.29. The van der Waals surface area contributed by atoms with Crippen LogP contribution in [0.4, 0.5) is 0 Å². The molecule has 1 aliphatic heterocycles. The number of aliphatic hydroxyl groups excluding tert-OH is 1. The fourth-order valence-corrected chi connectivity index (χ4v) is 3.09. The predicted molar refractivity (Wildman–Crippen MR) is 58.2 cm³/mol. The lowest BCUT2D eigenvalue weighted by Crippen LogP contribution is -2.42. The van der Waals surface area contributed by atoms with E-state index in [1.807, 2.05) is 0 Å². The lowest BCUT2D eigenvalue weighted by Gasteiger charge is -2.36. The van der Waals surface area contributed by atoms with Crippen molar-refractivity contribution in [3.05, 3.63) is 0 Å². The number of hydrogen-bond acceptors (Lipinski definition) is 2. The topological polar surface area (TPSA) is 23.5 Å². The van der Waals surface area contributed by atoms with E-state index in [0.717, 1.165) is 18.5 Å². The average Bonchev–Trinajstić information content (AvgIpc) is 2.65. The van der Waals surface area contributed by atoms with Gasteiger partial charge in [-0.25, -0.2) is 0 Å². The zero-order valence-corrected chi connectivity index (χ0v) is 9.28. The van der Waals surface area contributed by atoms with E-state index in [2.05, 4.69) is 11.8 Å². The fraction of sp³-hybridized carbons (Fsp3) is 1.00. The van der Waals surface area contributed by atoms with E-state index >= 15 is 0 Å². The molecule has 2 aliphatic rings. The second-order valence-corrected chi connectivity index (χ2v) is 5.26. The molecule has 3 atom stereocenters. The van der Waals surface area contributed by atoms with Crippen LogP contribution in [0, 0.1) is 11.8 Å². The van der Waals surface area contributed by atoms with Crippen molar-refractivity contribution >= 4 is 0 Å². The Bertz CT molecular complexity index is 183. The summed E-state index contributed by atoms with van der Waals surface area (Å²) in [7, 11) is 0. The molecule has 0 spiro atoms. The lowest BCUT2D eigenvalue weighted by atomic mass is 9.97. The van der Waals surface area contributed by atoms with Gasteiger partial charge in [-0.2, -0.15) is 0 Å². The Morgan fingerprint density at radius 2 is 2.14 bits per heavy atom. The van der Waals surface area contributed by atoms with Gasteiger partial charge >= 0.3 is 0 Å². The van der Waals surface area contributed by atoms with Crippen molar-refractivity contribution in [3.63, 3.8) is 0 Å². The first kappa shape index (κ1) is 10.4. The quantitative estimate of drug-likeness (QED) is 0.730. The molecule has 1 aliphatic carbocycles. The molecule has 0 unspecified atom stereocenters. The van der Waals surface area contributed by atoms with E-state index in [0.29, 0.717) is 12.5 Å². The smallest absolute Gasteiger partial charge is 0.0471 e. The second-order valence-electron chi connectivity index (χ2n) is 5.26. The molecule has 0 aromatic carbocycles. The van der Waals surface area contributed by atoms with E-state index in [1.54, 1.807) is 0 Å². The Hall–Kier alpha value is -0.0800. The van der Waals surface area contributed by atoms with E-state index in [9.17, 15) is 5.11 Å². The van der Waals surface area contributed by atoms with Crippen molar-refractivity contribution in [3.8, 4) is 0 Å². The Balaban J connectivity index is 1.84. The van der Waals surface area contributed by atoms with Crippen molar-refractivity contribution in [2.45, 2.75) is 45.1 Å². The normalized spacial score (nSPS) is 40.3. The molecule has 14 heavy (non-hydrogen) atoms. The minimum Gasteiger partial charge on any atom is -0.396 e. The highest BCUT2D eigenvalue weighted by atomic mass is 16.3. The van der Waals surface area contributed by atoms with Crippen LogP contribution in [0.3, 0.4) is 0 Å². The number of piperidine rings is 1. The number of likely N-dealkylation sites (tertiary alicyclic amines) is 1. The number of hydrogen-bond donors (Lipinski definition) is 1. The van der Waals surface area contributed by atoms with Gasteiger partial charge in [0, 0.05) is 19.2 Å². The van der Waals surface area contributed by atoms with Crippen molar-refractivity contribution in [2.75, 3.05) is 19.7 Å². The maximum absolute atomic E-state index is 9.18. The summed E-state index contributed by atoms with van der Waals surface area (Å²) in [4.78, 5) is 2.63. The number of aliphatic hydroxyl groups is 1. The van der Waals surface area contributed by atoms with Crippen molar-refractivity contribution in [1.82, 2.24) is 4.90 Å². The fourth-order valence-electron chi connectivity index (χ4n) is 3.09. The van der Waals surface area contributed by atoms with E-state index < -0.39 is 0 Å². The highest BCUT2D eigenvalue weighted by molar-refractivity contribution is 4.84. The summed E-state index contributed by atoms with van der Waals surface area (Å²) in [6.45, 7) is 5.17. The molecule has 0 aromatic heterocycles.